The van der Waals surface area contributed by atoms with Gasteiger partial charge in [0, 0.05) is 6.04 Å². The zero-order valence-corrected chi connectivity index (χ0v) is 11.8. The molecule has 2 aromatic rings. The highest BCUT2D eigenvalue weighted by atomic mass is 16.4. The van der Waals surface area contributed by atoms with Crippen LogP contribution >= 0.6 is 0 Å². The van der Waals surface area contributed by atoms with Crippen LogP contribution in [0.4, 0.5) is 0 Å². The van der Waals surface area contributed by atoms with Crippen LogP contribution in [0, 0.1) is 12.8 Å². The van der Waals surface area contributed by atoms with Gasteiger partial charge in [0.15, 0.2) is 0 Å². The molecule has 1 unspecified atom stereocenters. The first-order chi connectivity index (χ1) is 8.90. The van der Waals surface area contributed by atoms with Crippen LogP contribution in [0.2, 0.25) is 0 Å². The molecule has 0 saturated carbocycles. The number of fused-ring (bicyclic) bond motifs is 1. The summed E-state index contributed by atoms with van der Waals surface area (Å²) in [6, 6.07) is 5.42. The number of hydrogen-bond donors (Lipinski definition) is 1. The zero-order chi connectivity index (χ0) is 14.2. The number of aromatic nitrogens is 2. The molecule has 2 rings (SSSR count). The van der Waals surface area contributed by atoms with Gasteiger partial charge in [-0.15, -0.1) is 0 Å². The van der Waals surface area contributed by atoms with Crippen LogP contribution in [-0.2, 0) is 0 Å². The largest absolute Gasteiger partial charge is 0.478 e. The normalized spacial score (nSPS) is 13.1. The Hall–Kier alpha value is -1.84. The fourth-order valence-electron chi connectivity index (χ4n) is 2.69. The molecular formula is C15H20N2O2. The van der Waals surface area contributed by atoms with E-state index in [1.165, 1.54) is 0 Å². The fraction of sp³-hybridized carbons (Fsp3) is 0.467. The van der Waals surface area contributed by atoms with Crippen molar-refractivity contribution >= 4 is 17.0 Å². The highest BCUT2D eigenvalue weighted by Gasteiger charge is 2.16. The van der Waals surface area contributed by atoms with Gasteiger partial charge in [-0.3, -0.25) is 0 Å². The standard InChI is InChI=1S/C15H20N2O2/c1-9(2)7-10(3)17-11(4)16-13-6-5-12(15(18)19)8-14(13)17/h5-6,8-10H,7H2,1-4H3,(H,18,19). The predicted molar refractivity (Wildman–Crippen MR) is 75.6 cm³/mol. The van der Waals surface area contributed by atoms with Gasteiger partial charge >= 0.3 is 5.97 Å². The number of rotatable bonds is 4. The third-order valence-electron chi connectivity index (χ3n) is 3.37. The van der Waals surface area contributed by atoms with Crippen molar-refractivity contribution in [1.82, 2.24) is 9.55 Å². The molecule has 1 aromatic carbocycles. The van der Waals surface area contributed by atoms with Gasteiger partial charge in [-0.05, 0) is 44.4 Å². The first kappa shape index (κ1) is 13.6. The number of aryl methyl sites for hydroxylation is 1. The van der Waals surface area contributed by atoms with Crippen molar-refractivity contribution in [2.45, 2.75) is 40.2 Å². The van der Waals surface area contributed by atoms with Crippen molar-refractivity contribution in [1.29, 1.82) is 0 Å². The zero-order valence-electron chi connectivity index (χ0n) is 11.8. The quantitative estimate of drug-likeness (QED) is 0.912. The van der Waals surface area contributed by atoms with E-state index in [2.05, 4.69) is 30.3 Å². The van der Waals surface area contributed by atoms with Gasteiger partial charge in [-0.1, -0.05) is 13.8 Å². The monoisotopic (exact) mass is 260 g/mol. The summed E-state index contributed by atoms with van der Waals surface area (Å²) in [6.45, 7) is 8.50. The van der Waals surface area contributed by atoms with Crippen LogP contribution in [0.1, 0.15) is 49.4 Å². The molecule has 0 aliphatic rings. The van der Waals surface area contributed by atoms with Crippen molar-refractivity contribution in [2.24, 2.45) is 5.92 Å². The van der Waals surface area contributed by atoms with E-state index in [0.717, 1.165) is 23.3 Å². The average molecular weight is 260 g/mol. The highest BCUT2D eigenvalue weighted by molar-refractivity contribution is 5.92. The van der Waals surface area contributed by atoms with Crippen molar-refractivity contribution in [3.05, 3.63) is 29.6 Å². The lowest BCUT2D eigenvalue weighted by molar-refractivity contribution is 0.0697. The van der Waals surface area contributed by atoms with Crippen molar-refractivity contribution < 1.29 is 9.90 Å². The van der Waals surface area contributed by atoms with Gasteiger partial charge in [-0.25, -0.2) is 9.78 Å². The Labute approximate surface area is 113 Å². The smallest absolute Gasteiger partial charge is 0.335 e. The van der Waals surface area contributed by atoms with Gasteiger partial charge in [0.1, 0.15) is 5.82 Å². The molecule has 0 saturated heterocycles. The van der Waals surface area contributed by atoms with Crippen LogP contribution in [0.25, 0.3) is 11.0 Å². The lowest BCUT2D eigenvalue weighted by Gasteiger charge is -2.18. The van der Waals surface area contributed by atoms with Crippen LogP contribution in [0.3, 0.4) is 0 Å². The second kappa shape index (κ2) is 5.03. The lowest BCUT2D eigenvalue weighted by atomic mass is 10.0. The molecule has 102 valence electrons. The third-order valence-corrected chi connectivity index (χ3v) is 3.37. The molecule has 1 N–H and O–H groups in total. The molecule has 0 fully saturated rings. The van der Waals surface area contributed by atoms with Gasteiger partial charge in [0.2, 0.25) is 0 Å². The second-order valence-corrected chi connectivity index (χ2v) is 5.52. The number of hydrogen-bond acceptors (Lipinski definition) is 2. The Kier molecular flexibility index (Phi) is 3.60. The molecule has 0 bridgehead atoms. The number of nitrogens with zero attached hydrogens (tertiary/aromatic N) is 2. The molecule has 0 aliphatic heterocycles. The number of imidazole rings is 1. The predicted octanol–water partition coefficient (Wildman–Crippen LogP) is 3.65. The molecule has 1 aromatic heterocycles. The molecule has 4 nitrogen and oxygen atoms in total. The van der Waals surface area contributed by atoms with Crippen LogP contribution < -0.4 is 0 Å². The summed E-state index contributed by atoms with van der Waals surface area (Å²) in [5.41, 5.74) is 2.08. The molecule has 0 amide bonds. The number of aromatic carboxylic acids is 1. The third kappa shape index (κ3) is 2.62. The van der Waals surface area contributed by atoms with E-state index >= 15 is 0 Å². The Bertz CT molecular complexity index is 614. The van der Waals surface area contributed by atoms with E-state index in [1.54, 1.807) is 18.2 Å². The Balaban J connectivity index is 2.55. The lowest BCUT2D eigenvalue weighted by Crippen LogP contribution is -2.10. The molecule has 1 heterocycles. The van der Waals surface area contributed by atoms with Gasteiger partial charge < -0.3 is 9.67 Å². The Morgan fingerprint density at radius 3 is 2.63 bits per heavy atom. The molecule has 0 radical (unpaired) electrons. The molecule has 0 aliphatic carbocycles. The van der Waals surface area contributed by atoms with Crippen LogP contribution in [-0.4, -0.2) is 20.6 Å². The highest BCUT2D eigenvalue weighted by Crippen LogP contribution is 2.26. The maximum Gasteiger partial charge on any atom is 0.335 e. The Morgan fingerprint density at radius 2 is 2.05 bits per heavy atom. The summed E-state index contributed by atoms with van der Waals surface area (Å²) in [6.07, 6.45) is 1.05. The van der Waals surface area contributed by atoms with Crippen LogP contribution in [0.5, 0.6) is 0 Å². The molecule has 4 heteroatoms. The minimum absolute atomic E-state index is 0.311. The van der Waals surface area contributed by atoms with E-state index in [4.69, 9.17) is 5.11 Å². The van der Waals surface area contributed by atoms with Gasteiger partial charge in [-0.2, -0.15) is 0 Å². The van der Waals surface area contributed by atoms with E-state index in [0.29, 0.717) is 17.5 Å². The number of carboxylic acids is 1. The van der Waals surface area contributed by atoms with Gasteiger partial charge in [0.25, 0.3) is 0 Å². The van der Waals surface area contributed by atoms with E-state index in [1.807, 2.05) is 6.92 Å². The van der Waals surface area contributed by atoms with Gasteiger partial charge in [0.05, 0.1) is 16.6 Å². The summed E-state index contributed by atoms with van der Waals surface area (Å²) in [5, 5.41) is 9.10. The average Bonchev–Trinajstić information content (AvgIpc) is 2.62. The molecular weight excluding hydrogens is 240 g/mol. The first-order valence-corrected chi connectivity index (χ1v) is 6.62. The maximum absolute atomic E-state index is 11.1. The fourth-order valence-corrected chi connectivity index (χ4v) is 2.69. The topological polar surface area (TPSA) is 55.1 Å². The summed E-state index contributed by atoms with van der Waals surface area (Å²) in [4.78, 5) is 15.6. The summed E-state index contributed by atoms with van der Waals surface area (Å²) in [7, 11) is 0. The van der Waals surface area contributed by atoms with Crippen molar-refractivity contribution in [2.75, 3.05) is 0 Å². The summed E-state index contributed by atoms with van der Waals surface area (Å²) >= 11 is 0. The summed E-state index contributed by atoms with van der Waals surface area (Å²) in [5.74, 6) is 0.629. The molecule has 0 spiro atoms. The second-order valence-electron chi connectivity index (χ2n) is 5.52. The van der Waals surface area contributed by atoms with Crippen molar-refractivity contribution in [3.63, 3.8) is 0 Å². The van der Waals surface area contributed by atoms with E-state index in [-0.39, 0.29) is 0 Å². The molecule has 1 atom stereocenters. The number of carbonyl (C=O) groups is 1. The Morgan fingerprint density at radius 1 is 1.37 bits per heavy atom. The summed E-state index contributed by atoms with van der Waals surface area (Å²) < 4.78 is 2.14. The minimum Gasteiger partial charge on any atom is -0.478 e. The maximum atomic E-state index is 11.1. The SMILES string of the molecule is Cc1nc2ccc(C(=O)O)cc2n1C(C)CC(C)C. The first-order valence-electron chi connectivity index (χ1n) is 6.62. The number of benzene rings is 1. The minimum atomic E-state index is -0.899. The molecule has 19 heavy (non-hydrogen) atoms. The van der Waals surface area contributed by atoms with Crippen LogP contribution in [0.15, 0.2) is 18.2 Å². The van der Waals surface area contributed by atoms with E-state index < -0.39 is 5.97 Å². The van der Waals surface area contributed by atoms with E-state index in [9.17, 15) is 4.79 Å². The number of carboxylic acid groups (broad SMARTS) is 1. The van der Waals surface area contributed by atoms with Crippen molar-refractivity contribution in [3.8, 4) is 0 Å².